The molecule has 1 aliphatic rings. The molecule has 0 aromatic carbocycles. The average Bonchev–Trinajstić information content (AvgIpc) is 2.81. The molecule has 1 atom stereocenters. The largest absolute Gasteiger partial charge is 0.451 e. The fourth-order valence-corrected chi connectivity index (χ4v) is 2.42. The Balaban J connectivity index is 2.35. The Labute approximate surface area is 131 Å². The number of ether oxygens (including phenoxy) is 1. The highest BCUT2D eigenvalue weighted by molar-refractivity contribution is 5.69. The van der Waals surface area contributed by atoms with Gasteiger partial charge in [0.25, 0.3) is 0 Å². The van der Waals surface area contributed by atoms with E-state index in [2.05, 4.69) is 16.8 Å². The smallest absolute Gasteiger partial charge is 0.444 e. The molecule has 0 saturated carbocycles. The second-order valence-electron chi connectivity index (χ2n) is 6.25. The van der Waals surface area contributed by atoms with Crippen LogP contribution in [0.5, 0.6) is 0 Å². The van der Waals surface area contributed by atoms with Crippen LogP contribution in [0.25, 0.3) is 0 Å². The van der Waals surface area contributed by atoms with Gasteiger partial charge in [0.15, 0.2) is 5.82 Å². The van der Waals surface area contributed by atoms with Crippen LogP contribution in [0, 0.1) is 0 Å². The van der Waals surface area contributed by atoms with Crippen LogP contribution in [0.3, 0.4) is 0 Å². The van der Waals surface area contributed by atoms with E-state index >= 15 is 0 Å². The first-order valence-electron chi connectivity index (χ1n) is 7.15. The SMILES string of the molecule is C=CCC1c2nnc(C(F)(F)F)n2CCN1C(=O)OC(C)(C)C. The minimum Gasteiger partial charge on any atom is -0.444 e. The summed E-state index contributed by atoms with van der Waals surface area (Å²) < 4.78 is 45.2. The van der Waals surface area contributed by atoms with E-state index in [1.54, 1.807) is 20.8 Å². The van der Waals surface area contributed by atoms with Crippen molar-refractivity contribution in [3.05, 3.63) is 24.3 Å². The van der Waals surface area contributed by atoms with Crippen LogP contribution in [0.15, 0.2) is 12.7 Å². The lowest BCUT2D eigenvalue weighted by molar-refractivity contribution is -0.148. The van der Waals surface area contributed by atoms with Crippen LogP contribution < -0.4 is 0 Å². The highest BCUT2D eigenvalue weighted by Gasteiger charge is 2.43. The van der Waals surface area contributed by atoms with Crippen molar-refractivity contribution in [3.8, 4) is 0 Å². The van der Waals surface area contributed by atoms with Gasteiger partial charge in [0.05, 0.1) is 6.04 Å². The molecular formula is C14H19F3N4O2. The van der Waals surface area contributed by atoms with Crippen LogP contribution in [-0.2, 0) is 17.5 Å². The number of carbonyl (C=O) groups is 1. The molecule has 128 valence electrons. The van der Waals surface area contributed by atoms with Gasteiger partial charge in [-0.3, -0.25) is 4.90 Å². The molecule has 1 aromatic heterocycles. The lowest BCUT2D eigenvalue weighted by Gasteiger charge is -2.36. The average molecular weight is 332 g/mol. The van der Waals surface area contributed by atoms with Crippen molar-refractivity contribution in [1.29, 1.82) is 0 Å². The van der Waals surface area contributed by atoms with Gasteiger partial charge in [0.1, 0.15) is 5.60 Å². The summed E-state index contributed by atoms with van der Waals surface area (Å²) in [5, 5.41) is 6.89. The first-order chi connectivity index (χ1) is 10.5. The first-order valence-corrected chi connectivity index (χ1v) is 7.15. The lowest BCUT2D eigenvalue weighted by atomic mass is 10.1. The highest BCUT2D eigenvalue weighted by Crippen LogP contribution is 2.34. The van der Waals surface area contributed by atoms with E-state index in [9.17, 15) is 18.0 Å². The van der Waals surface area contributed by atoms with Crippen molar-refractivity contribution >= 4 is 6.09 Å². The summed E-state index contributed by atoms with van der Waals surface area (Å²) in [6, 6.07) is -0.681. The second kappa shape index (κ2) is 5.86. The molecule has 2 heterocycles. The molecule has 1 aromatic rings. The molecule has 1 unspecified atom stereocenters. The maximum Gasteiger partial charge on any atom is 0.451 e. The molecule has 2 rings (SSSR count). The minimum absolute atomic E-state index is 0.0376. The minimum atomic E-state index is -4.59. The van der Waals surface area contributed by atoms with E-state index in [-0.39, 0.29) is 25.3 Å². The van der Waals surface area contributed by atoms with Crippen LogP contribution >= 0.6 is 0 Å². The summed E-state index contributed by atoms with van der Waals surface area (Å²) in [6.07, 6.45) is -3.39. The number of fused-ring (bicyclic) bond motifs is 1. The normalized spacial score (nSPS) is 18.5. The standard InChI is InChI=1S/C14H19F3N4O2/c1-5-6-9-10-18-19-11(14(15,16)17)21(10)8-7-20(9)12(22)23-13(2,3)4/h5,9H,1,6-8H2,2-4H3. The van der Waals surface area contributed by atoms with Gasteiger partial charge in [0, 0.05) is 13.1 Å². The van der Waals surface area contributed by atoms with E-state index < -0.39 is 29.7 Å². The zero-order valence-electron chi connectivity index (χ0n) is 13.2. The number of aromatic nitrogens is 3. The number of halogens is 3. The predicted octanol–water partition coefficient (Wildman–Crippen LogP) is 3.16. The van der Waals surface area contributed by atoms with Crippen molar-refractivity contribution in [3.63, 3.8) is 0 Å². The van der Waals surface area contributed by atoms with Gasteiger partial charge < -0.3 is 9.30 Å². The van der Waals surface area contributed by atoms with Gasteiger partial charge in [-0.2, -0.15) is 13.2 Å². The molecule has 0 spiro atoms. The zero-order chi connectivity index (χ0) is 17.4. The Bertz CT molecular complexity index is 604. The molecule has 0 aliphatic carbocycles. The van der Waals surface area contributed by atoms with E-state index in [0.717, 1.165) is 4.57 Å². The fraction of sp³-hybridized carbons (Fsp3) is 0.643. The van der Waals surface area contributed by atoms with Crippen LogP contribution in [0.2, 0.25) is 0 Å². The van der Waals surface area contributed by atoms with Gasteiger partial charge in [-0.25, -0.2) is 4.79 Å². The fourth-order valence-electron chi connectivity index (χ4n) is 2.42. The van der Waals surface area contributed by atoms with Crippen molar-refractivity contribution in [2.75, 3.05) is 6.54 Å². The van der Waals surface area contributed by atoms with Gasteiger partial charge in [-0.05, 0) is 27.2 Å². The summed E-state index contributed by atoms with van der Waals surface area (Å²) in [5.41, 5.74) is -0.696. The molecule has 0 fully saturated rings. The molecule has 9 heteroatoms. The van der Waals surface area contributed by atoms with Crippen LogP contribution in [-0.4, -0.2) is 37.9 Å². The van der Waals surface area contributed by atoms with Crippen LogP contribution in [0.4, 0.5) is 18.0 Å². The van der Waals surface area contributed by atoms with Gasteiger partial charge in [-0.15, -0.1) is 16.8 Å². The van der Waals surface area contributed by atoms with Crippen molar-refractivity contribution in [1.82, 2.24) is 19.7 Å². The van der Waals surface area contributed by atoms with E-state index in [1.807, 2.05) is 0 Å². The molecule has 0 saturated heterocycles. The Morgan fingerprint density at radius 2 is 2.00 bits per heavy atom. The van der Waals surface area contributed by atoms with Gasteiger partial charge in [0.2, 0.25) is 5.82 Å². The van der Waals surface area contributed by atoms with Crippen LogP contribution in [0.1, 0.15) is 44.9 Å². The third kappa shape index (κ3) is 3.65. The molecule has 0 N–H and O–H groups in total. The summed E-state index contributed by atoms with van der Waals surface area (Å²) >= 11 is 0. The Kier molecular flexibility index (Phi) is 4.41. The number of amides is 1. The number of rotatable bonds is 2. The second-order valence-corrected chi connectivity index (χ2v) is 6.25. The highest BCUT2D eigenvalue weighted by atomic mass is 19.4. The van der Waals surface area contributed by atoms with E-state index in [0.29, 0.717) is 0 Å². The number of carbonyl (C=O) groups excluding carboxylic acids is 1. The van der Waals surface area contributed by atoms with Gasteiger partial charge in [-0.1, -0.05) is 6.08 Å². The Morgan fingerprint density at radius 1 is 1.35 bits per heavy atom. The quantitative estimate of drug-likeness (QED) is 0.781. The lowest BCUT2D eigenvalue weighted by Crippen LogP contribution is -2.45. The summed E-state index contributed by atoms with van der Waals surface area (Å²) in [6.45, 7) is 8.81. The molecular weight excluding hydrogens is 313 g/mol. The Morgan fingerprint density at radius 3 is 2.52 bits per heavy atom. The van der Waals surface area contributed by atoms with Crippen molar-refractivity contribution in [2.45, 2.75) is 51.6 Å². The third-order valence-electron chi connectivity index (χ3n) is 3.29. The van der Waals surface area contributed by atoms with Crippen molar-refractivity contribution < 1.29 is 22.7 Å². The molecule has 23 heavy (non-hydrogen) atoms. The summed E-state index contributed by atoms with van der Waals surface area (Å²) in [7, 11) is 0. The zero-order valence-corrected chi connectivity index (χ0v) is 13.2. The number of nitrogens with zero attached hydrogens (tertiary/aromatic N) is 4. The molecule has 1 aliphatic heterocycles. The van der Waals surface area contributed by atoms with E-state index in [4.69, 9.17) is 4.74 Å². The molecule has 0 bridgehead atoms. The maximum absolute atomic E-state index is 13.0. The third-order valence-corrected chi connectivity index (χ3v) is 3.29. The van der Waals surface area contributed by atoms with E-state index in [1.165, 1.54) is 11.0 Å². The monoisotopic (exact) mass is 332 g/mol. The molecule has 6 nitrogen and oxygen atoms in total. The first kappa shape index (κ1) is 17.3. The summed E-state index contributed by atoms with van der Waals surface area (Å²) in [4.78, 5) is 13.7. The molecule has 0 radical (unpaired) electrons. The topological polar surface area (TPSA) is 60.2 Å². The predicted molar refractivity (Wildman–Crippen MR) is 75.5 cm³/mol. The Hall–Kier alpha value is -2.06. The van der Waals surface area contributed by atoms with Crippen molar-refractivity contribution in [2.24, 2.45) is 0 Å². The number of alkyl halides is 3. The number of hydrogen-bond donors (Lipinski definition) is 0. The molecule has 1 amide bonds. The van der Waals surface area contributed by atoms with Gasteiger partial charge >= 0.3 is 12.3 Å². The number of hydrogen-bond acceptors (Lipinski definition) is 4. The maximum atomic E-state index is 13.0. The summed E-state index contributed by atoms with van der Waals surface area (Å²) in [5.74, 6) is -0.959.